The van der Waals surface area contributed by atoms with Crippen LogP contribution in [-0.4, -0.2) is 16.9 Å². The van der Waals surface area contributed by atoms with Crippen LogP contribution in [0.4, 0.5) is 4.39 Å². The zero-order valence-corrected chi connectivity index (χ0v) is 9.97. The number of benzene rings is 1. The summed E-state index contributed by atoms with van der Waals surface area (Å²) in [6, 6.07) is 5.13. The summed E-state index contributed by atoms with van der Waals surface area (Å²) in [5.74, 6) is -0.277. The monoisotopic (exact) mass is 252 g/mol. The lowest BCUT2D eigenvalue weighted by atomic mass is 10.1. The Bertz CT molecular complexity index is 442. The van der Waals surface area contributed by atoms with Crippen LogP contribution >= 0.6 is 12.2 Å². The Morgan fingerprint density at radius 2 is 2.00 bits per heavy atom. The smallest absolute Gasteiger partial charge is 0.251 e. The fourth-order valence-electron chi connectivity index (χ4n) is 1.68. The van der Waals surface area contributed by atoms with Gasteiger partial charge in [0.15, 0.2) is 0 Å². The highest BCUT2D eigenvalue weighted by Gasteiger charge is 2.34. The van der Waals surface area contributed by atoms with Gasteiger partial charge in [0.1, 0.15) is 5.82 Å². The summed E-state index contributed by atoms with van der Waals surface area (Å²) < 4.78 is 12.7. The lowest BCUT2D eigenvalue weighted by Gasteiger charge is -2.16. The number of nitrogens with two attached hydrogens (primary N) is 1. The predicted molar refractivity (Wildman–Crippen MR) is 67.2 cm³/mol. The molecule has 1 atom stereocenters. The highest BCUT2D eigenvalue weighted by Crippen LogP contribution is 2.32. The minimum Gasteiger partial charge on any atom is -0.392 e. The summed E-state index contributed by atoms with van der Waals surface area (Å²) in [7, 11) is 0. The summed E-state index contributed by atoms with van der Waals surface area (Å²) in [5.41, 5.74) is 6.00. The van der Waals surface area contributed by atoms with Crippen molar-refractivity contribution in [2.45, 2.75) is 18.9 Å². The molecule has 0 spiro atoms. The van der Waals surface area contributed by atoms with Gasteiger partial charge in [0.05, 0.1) is 11.0 Å². The van der Waals surface area contributed by atoms with Crippen LogP contribution < -0.4 is 11.1 Å². The Labute approximate surface area is 104 Å². The van der Waals surface area contributed by atoms with Gasteiger partial charge in [-0.2, -0.15) is 0 Å². The van der Waals surface area contributed by atoms with E-state index in [9.17, 15) is 9.18 Å². The standard InChI is InChI=1S/C12H13FN2OS/c13-9-5-3-8(4-6-9)12(16)15-10(11(14)17)7-1-2-7/h3-7,10H,1-2H2,(H2,14,17)(H,15,16). The molecule has 1 saturated carbocycles. The molecule has 90 valence electrons. The summed E-state index contributed by atoms with van der Waals surface area (Å²) in [6.07, 6.45) is 2.07. The van der Waals surface area contributed by atoms with Crippen molar-refractivity contribution in [3.63, 3.8) is 0 Å². The number of hydrogen-bond acceptors (Lipinski definition) is 2. The quantitative estimate of drug-likeness (QED) is 0.801. The van der Waals surface area contributed by atoms with E-state index < -0.39 is 0 Å². The van der Waals surface area contributed by atoms with Crippen LogP contribution in [-0.2, 0) is 0 Å². The van der Waals surface area contributed by atoms with Crippen LogP contribution in [0.25, 0.3) is 0 Å². The van der Waals surface area contributed by atoms with E-state index in [0.29, 0.717) is 16.5 Å². The maximum Gasteiger partial charge on any atom is 0.251 e. The first-order chi connectivity index (χ1) is 8.08. The zero-order chi connectivity index (χ0) is 12.4. The maximum absolute atomic E-state index is 12.7. The van der Waals surface area contributed by atoms with E-state index in [1.54, 1.807) is 0 Å². The minimum absolute atomic E-state index is 0.248. The van der Waals surface area contributed by atoms with Gasteiger partial charge in [-0.3, -0.25) is 4.79 Å². The van der Waals surface area contributed by atoms with Crippen molar-refractivity contribution in [1.29, 1.82) is 0 Å². The third-order valence-corrected chi connectivity index (χ3v) is 3.05. The molecule has 17 heavy (non-hydrogen) atoms. The Morgan fingerprint density at radius 3 is 2.47 bits per heavy atom. The van der Waals surface area contributed by atoms with Crippen LogP contribution in [0.1, 0.15) is 23.2 Å². The van der Waals surface area contributed by atoms with E-state index in [0.717, 1.165) is 12.8 Å². The summed E-state index contributed by atoms with van der Waals surface area (Å²) in [6.45, 7) is 0. The molecule has 0 heterocycles. The molecule has 1 amide bonds. The van der Waals surface area contributed by atoms with Gasteiger partial charge in [-0.05, 0) is 43.0 Å². The molecule has 1 aromatic rings. The van der Waals surface area contributed by atoms with E-state index in [1.807, 2.05) is 0 Å². The number of hydrogen-bond donors (Lipinski definition) is 2. The number of carbonyl (C=O) groups excluding carboxylic acids is 1. The Kier molecular flexibility index (Phi) is 3.38. The zero-order valence-electron chi connectivity index (χ0n) is 9.15. The van der Waals surface area contributed by atoms with E-state index in [2.05, 4.69) is 5.32 Å². The third kappa shape index (κ3) is 3.00. The van der Waals surface area contributed by atoms with Crippen LogP contribution in [0.5, 0.6) is 0 Å². The molecule has 0 radical (unpaired) electrons. The third-order valence-electron chi connectivity index (χ3n) is 2.79. The van der Waals surface area contributed by atoms with Crippen molar-refractivity contribution in [2.24, 2.45) is 11.7 Å². The van der Waals surface area contributed by atoms with E-state index in [4.69, 9.17) is 18.0 Å². The van der Waals surface area contributed by atoms with Crippen LogP contribution in [0, 0.1) is 11.7 Å². The van der Waals surface area contributed by atoms with E-state index in [1.165, 1.54) is 24.3 Å². The second-order valence-corrected chi connectivity index (χ2v) is 4.67. The Morgan fingerprint density at radius 1 is 1.41 bits per heavy atom. The maximum atomic E-state index is 12.7. The molecule has 1 unspecified atom stereocenters. The van der Waals surface area contributed by atoms with Gasteiger partial charge >= 0.3 is 0 Å². The van der Waals surface area contributed by atoms with Crippen molar-refractivity contribution in [1.82, 2.24) is 5.32 Å². The van der Waals surface area contributed by atoms with Crippen molar-refractivity contribution >= 4 is 23.1 Å². The molecule has 1 aliphatic carbocycles. The molecular formula is C12H13FN2OS. The number of rotatable bonds is 4. The molecule has 1 aromatic carbocycles. The minimum atomic E-state index is -0.366. The lowest BCUT2D eigenvalue weighted by Crippen LogP contribution is -2.45. The van der Waals surface area contributed by atoms with Crippen molar-refractivity contribution in [2.75, 3.05) is 0 Å². The lowest BCUT2D eigenvalue weighted by molar-refractivity contribution is 0.0944. The van der Waals surface area contributed by atoms with Crippen LogP contribution in [0.15, 0.2) is 24.3 Å². The molecule has 0 bridgehead atoms. The molecule has 1 fully saturated rings. The SMILES string of the molecule is NC(=S)C(NC(=O)c1ccc(F)cc1)C1CC1. The summed E-state index contributed by atoms with van der Waals surface area (Å²) >= 11 is 4.93. The molecule has 2 rings (SSSR count). The van der Waals surface area contributed by atoms with Gasteiger partial charge in [-0.1, -0.05) is 12.2 Å². The molecule has 1 aliphatic rings. The highest BCUT2D eigenvalue weighted by atomic mass is 32.1. The molecule has 3 nitrogen and oxygen atoms in total. The molecule has 3 N–H and O–H groups in total. The Hall–Kier alpha value is -1.49. The van der Waals surface area contributed by atoms with Crippen molar-refractivity contribution in [3.05, 3.63) is 35.6 Å². The number of thiocarbonyl (C=S) groups is 1. The second-order valence-electron chi connectivity index (χ2n) is 4.20. The fraction of sp³-hybridized carbons (Fsp3) is 0.333. The number of nitrogens with one attached hydrogen (secondary N) is 1. The van der Waals surface area contributed by atoms with E-state index in [-0.39, 0.29) is 17.8 Å². The van der Waals surface area contributed by atoms with Gasteiger partial charge < -0.3 is 11.1 Å². The van der Waals surface area contributed by atoms with Gasteiger partial charge in [-0.15, -0.1) is 0 Å². The van der Waals surface area contributed by atoms with Crippen molar-refractivity contribution in [3.8, 4) is 0 Å². The van der Waals surface area contributed by atoms with Crippen LogP contribution in [0.3, 0.4) is 0 Å². The molecule has 0 aromatic heterocycles. The topological polar surface area (TPSA) is 55.1 Å². The van der Waals surface area contributed by atoms with Gasteiger partial charge in [-0.25, -0.2) is 4.39 Å². The van der Waals surface area contributed by atoms with Gasteiger partial charge in [0.25, 0.3) is 5.91 Å². The van der Waals surface area contributed by atoms with Crippen molar-refractivity contribution < 1.29 is 9.18 Å². The average Bonchev–Trinajstić information content (AvgIpc) is 3.10. The molecular weight excluding hydrogens is 239 g/mol. The molecule has 0 aliphatic heterocycles. The first-order valence-electron chi connectivity index (χ1n) is 5.43. The van der Waals surface area contributed by atoms with Gasteiger partial charge in [0, 0.05) is 5.56 Å². The first kappa shape index (κ1) is 12.0. The van der Waals surface area contributed by atoms with E-state index >= 15 is 0 Å². The largest absolute Gasteiger partial charge is 0.392 e. The predicted octanol–water partition coefficient (Wildman–Crippen LogP) is 1.62. The summed E-state index contributed by atoms with van der Waals surface area (Å²) in [4.78, 5) is 12.2. The number of amides is 1. The molecule has 0 saturated heterocycles. The van der Waals surface area contributed by atoms with Crippen LogP contribution in [0.2, 0.25) is 0 Å². The summed E-state index contributed by atoms with van der Waals surface area (Å²) in [5, 5.41) is 2.79. The highest BCUT2D eigenvalue weighted by molar-refractivity contribution is 7.80. The average molecular weight is 252 g/mol. The van der Waals surface area contributed by atoms with Gasteiger partial charge in [0.2, 0.25) is 0 Å². The molecule has 5 heteroatoms. The second kappa shape index (κ2) is 4.79. The fourth-order valence-corrected chi connectivity index (χ4v) is 1.93. The normalized spacial score (nSPS) is 16.3. The number of carbonyl (C=O) groups is 1. The Balaban J connectivity index is 2.04. The number of halogens is 1. The first-order valence-corrected chi connectivity index (χ1v) is 5.84.